The largest absolute Gasteiger partial charge is 0.573 e. The van der Waals surface area contributed by atoms with Crippen LogP contribution in [0.25, 0.3) is 0 Å². The number of rotatable bonds is 4. The van der Waals surface area contributed by atoms with Crippen LogP contribution < -0.4 is 16.0 Å². The molecule has 0 saturated carbocycles. The second-order valence-electron chi connectivity index (χ2n) is 4.00. The van der Waals surface area contributed by atoms with Gasteiger partial charge in [0.1, 0.15) is 5.75 Å². The fraction of sp³-hybridized carbons (Fsp3) is 0.154. The van der Waals surface area contributed by atoms with E-state index in [9.17, 15) is 13.2 Å². The molecule has 2 rings (SSSR count). The Hall–Kier alpha value is -2.12. The van der Waals surface area contributed by atoms with E-state index in [4.69, 9.17) is 5.84 Å². The summed E-state index contributed by atoms with van der Waals surface area (Å²) < 4.78 is 40.0. The first-order valence-electron chi connectivity index (χ1n) is 5.71. The number of halogens is 3. The highest BCUT2D eigenvalue weighted by Gasteiger charge is 2.31. The van der Waals surface area contributed by atoms with Crippen LogP contribution in [0.5, 0.6) is 5.75 Å². The Labute approximate surface area is 113 Å². The summed E-state index contributed by atoms with van der Waals surface area (Å²) in [7, 11) is 0. The minimum atomic E-state index is -4.70. The summed E-state index contributed by atoms with van der Waals surface area (Å²) >= 11 is 0. The first kappa shape index (κ1) is 14.3. The van der Waals surface area contributed by atoms with E-state index in [1.165, 1.54) is 24.3 Å². The van der Waals surface area contributed by atoms with Crippen molar-refractivity contribution in [2.45, 2.75) is 12.4 Å². The number of hydrazine groups is 1. The first-order valence-corrected chi connectivity index (χ1v) is 5.71. The van der Waals surface area contributed by atoms with Crippen LogP contribution in [0.3, 0.4) is 0 Å². The Morgan fingerprint density at radius 2 is 1.80 bits per heavy atom. The van der Waals surface area contributed by atoms with Gasteiger partial charge in [0, 0.05) is 12.4 Å². The number of aromatic nitrogens is 1. The topological polar surface area (TPSA) is 60.2 Å². The third-order valence-corrected chi connectivity index (χ3v) is 2.63. The van der Waals surface area contributed by atoms with Crippen LogP contribution in [0.1, 0.15) is 17.2 Å². The first-order chi connectivity index (χ1) is 9.49. The highest BCUT2D eigenvalue weighted by Crippen LogP contribution is 2.26. The van der Waals surface area contributed by atoms with Gasteiger partial charge in [-0.25, -0.2) is 5.43 Å². The Bertz CT molecular complexity index is 543. The Kier molecular flexibility index (Phi) is 4.21. The average molecular weight is 283 g/mol. The van der Waals surface area contributed by atoms with E-state index >= 15 is 0 Å². The Balaban J connectivity index is 2.20. The summed E-state index contributed by atoms with van der Waals surface area (Å²) in [5, 5.41) is 0. The molecule has 0 aliphatic heterocycles. The van der Waals surface area contributed by atoms with Gasteiger partial charge in [0.25, 0.3) is 0 Å². The third-order valence-electron chi connectivity index (χ3n) is 2.63. The number of ether oxygens (including phenoxy) is 1. The third kappa shape index (κ3) is 3.69. The van der Waals surface area contributed by atoms with Crippen molar-refractivity contribution in [1.82, 2.24) is 10.4 Å². The Morgan fingerprint density at radius 3 is 2.30 bits per heavy atom. The van der Waals surface area contributed by atoms with Crippen molar-refractivity contribution in [2.75, 3.05) is 0 Å². The summed E-state index contributed by atoms with van der Waals surface area (Å²) in [5.41, 5.74) is 4.11. The molecule has 2 aromatic rings. The van der Waals surface area contributed by atoms with Crippen molar-refractivity contribution >= 4 is 0 Å². The molecule has 20 heavy (non-hydrogen) atoms. The molecule has 0 bridgehead atoms. The molecule has 0 fully saturated rings. The van der Waals surface area contributed by atoms with Gasteiger partial charge in [-0.2, -0.15) is 0 Å². The van der Waals surface area contributed by atoms with Gasteiger partial charge in [-0.3, -0.25) is 10.8 Å². The van der Waals surface area contributed by atoms with Crippen LogP contribution in [0.15, 0.2) is 48.8 Å². The number of hydrogen-bond donors (Lipinski definition) is 2. The van der Waals surface area contributed by atoms with Gasteiger partial charge in [0.05, 0.1) is 6.04 Å². The van der Waals surface area contributed by atoms with E-state index < -0.39 is 6.36 Å². The molecule has 106 valence electrons. The molecule has 1 aromatic heterocycles. The molecule has 0 aliphatic carbocycles. The molecule has 0 spiro atoms. The summed E-state index contributed by atoms with van der Waals surface area (Å²) in [6, 6.07) is 8.71. The number of benzene rings is 1. The molecule has 1 heterocycles. The minimum Gasteiger partial charge on any atom is -0.406 e. The van der Waals surface area contributed by atoms with E-state index in [2.05, 4.69) is 15.1 Å². The van der Waals surface area contributed by atoms with E-state index in [1.54, 1.807) is 18.5 Å². The molecule has 0 amide bonds. The lowest BCUT2D eigenvalue weighted by molar-refractivity contribution is -0.274. The second kappa shape index (κ2) is 5.89. The number of hydrogen-bond acceptors (Lipinski definition) is 4. The monoisotopic (exact) mass is 283 g/mol. The summed E-state index contributed by atoms with van der Waals surface area (Å²) in [6.45, 7) is 0. The van der Waals surface area contributed by atoms with Crippen LogP contribution in [0, 0.1) is 0 Å². The predicted molar refractivity (Wildman–Crippen MR) is 66.5 cm³/mol. The number of pyridine rings is 1. The number of nitrogens with one attached hydrogen (secondary N) is 1. The molecular formula is C13H12F3N3O. The van der Waals surface area contributed by atoms with Crippen molar-refractivity contribution in [2.24, 2.45) is 5.84 Å². The average Bonchev–Trinajstić information content (AvgIpc) is 2.41. The number of alkyl halides is 3. The lowest BCUT2D eigenvalue weighted by atomic mass is 10.0. The molecule has 4 nitrogen and oxygen atoms in total. The van der Waals surface area contributed by atoms with Gasteiger partial charge in [-0.15, -0.1) is 13.2 Å². The van der Waals surface area contributed by atoms with Crippen molar-refractivity contribution < 1.29 is 17.9 Å². The van der Waals surface area contributed by atoms with Gasteiger partial charge in [-0.1, -0.05) is 18.2 Å². The molecule has 3 N–H and O–H groups in total. The van der Waals surface area contributed by atoms with E-state index in [0.29, 0.717) is 5.56 Å². The van der Waals surface area contributed by atoms with Gasteiger partial charge in [0.15, 0.2) is 0 Å². The van der Waals surface area contributed by atoms with Crippen molar-refractivity contribution in [3.8, 4) is 5.75 Å². The maximum absolute atomic E-state index is 12.1. The lowest BCUT2D eigenvalue weighted by Crippen LogP contribution is -2.28. The van der Waals surface area contributed by atoms with Crippen molar-refractivity contribution in [1.29, 1.82) is 0 Å². The van der Waals surface area contributed by atoms with Crippen LogP contribution in [0.4, 0.5) is 13.2 Å². The van der Waals surface area contributed by atoms with Gasteiger partial charge >= 0.3 is 6.36 Å². The standard InChI is InChI=1S/C13H12F3N3O/c14-13(15,16)20-11-5-3-9(4-6-11)12(19-17)10-2-1-7-18-8-10/h1-8,12,19H,17H2. The van der Waals surface area contributed by atoms with Crippen molar-refractivity contribution in [3.63, 3.8) is 0 Å². The molecule has 1 aromatic carbocycles. The number of nitrogens with zero attached hydrogens (tertiary/aromatic N) is 1. The predicted octanol–water partition coefficient (Wildman–Crippen LogP) is 2.53. The summed E-state index contributed by atoms with van der Waals surface area (Å²) in [4.78, 5) is 3.98. The lowest BCUT2D eigenvalue weighted by Gasteiger charge is -2.17. The summed E-state index contributed by atoms with van der Waals surface area (Å²) in [5.74, 6) is 5.21. The van der Waals surface area contributed by atoms with Crippen LogP contribution in [-0.2, 0) is 0 Å². The van der Waals surface area contributed by atoms with Gasteiger partial charge in [-0.05, 0) is 29.3 Å². The van der Waals surface area contributed by atoms with Crippen LogP contribution in [0.2, 0.25) is 0 Å². The van der Waals surface area contributed by atoms with Gasteiger partial charge in [0.2, 0.25) is 0 Å². The SMILES string of the molecule is NNC(c1ccc(OC(F)(F)F)cc1)c1cccnc1. The second-order valence-corrected chi connectivity index (χ2v) is 4.00. The van der Waals surface area contributed by atoms with Crippen molar-refractivity contribution in [3.05, 3.63) is 59.9 Å². The zero-order valence-corrected chi connectivity index (χ0v) is 10.3. The number of nitrogens with two attached hydrogens (primary N) is 1. The smallest absolute Gasteiger partial charge is 0.406 e. The molecule has 1 atom stereocenters. The van der Waals surface area contributed by atoms with E-state index in [-0.39, 0.29) is 11.8 Å². The minimum absolute atomic E-state index is 0.275. The molecule has 0 aliphatic rings. The molecule has 0 saturated heterocycles. The normalized spacial score (nSPS) is 13.0. The quantitative estimate of drug-likeness (QED) is 0.668. The molecule has 0 radical (unpaired) electrons. The fourth-order valence-electron chi connectivity index (χ4n) is 1.79. The molecule has 1 unspecified atom stereocenters. The van der Waals surface area contributed by atoms with E-state index in [1.807, 2.05) is 6.07 Å². The highest BCUT2D eigenvalue weighted by atomic mass is 19.4. The fourth-order valence-corrected chi connectivity index (χ4v) is 1.79. The van der Waals surface area contributed by atoms with E-state index in [0.717, 1.165) is 5.56 Å². The maximum Gasteiger partial charge on any atom is 0.573 e. The maximum atomic E-state index is 12.1. The Morgan fingerprint density at radius 1 is 1.10 bits per heavy atom. The highest BCUT2D eigenvalue weighted by molar-refractivity contribution is 5.34. The van der Waals surface area contributed by atoms with Crippen LogP contribution >= 0.6 is 0 Å². The zero-order chi connectivity index (χ0) is 14.6. The van der Waals surface area contributed by atoms with Gasteiger partial charge < -0.3 is 4.74 Å². The van der Waals surface area contributed by atoms with Crippen LogP contribution in [-0.4, -0.2) is 11.3 Å². The summed E-state index contributed by atoms with van der Waals surface area (Å²) in [6.07, 6.45) is -1.45. The molecule has 7 heteroatoms. The molecular weight excluding hydrogens is 271 g/mol. The zero-order valence-electron chi connectivity index (χ0n) is 10.3.